The number of amides is 1. The molecule has 3 N–H and O–H groups in total. The molecule has 0 saturated heterocycles. The fourth-order valence-corrected chi connectivity index (χ4v) is 2.51. The summed E-state index contributed by atoms with van der Waals surface area (Å²) in [5.41, 5.74) is 4.95. The summed E-state index contributed by atoms with van der Waals surface area (Å²) in [5, 5.41) is 2.95. The Balaban J connectivity index is 1.98. The van der Waals surface area contributed by atoms with E-state index in [2.05, 4.69) is 10.1 Å². The molecule has 0 heterocycles. The SMILES string of the molecule is COC(=O)C(C)(N)CCCCSCC(=O)NC1CC1. The first kappa shape index (κ1) is 16.3. The van der Waals surface area contributed by atoms with Crippen LogP contribution in [0, 0.1) is 0 Å². The van der Waals surface area contributed by atoms with E-state index in [0.29, 0.717) is 18.2 Å². The highest BCUT2D eigenvalue weighted by molar-refractivity contribution is 7.99. The van der Waals surface area contributed by atoms with Crippen molar-refractivity contribution in [2.75, 3.05) is 18.6 Å². The Morgan fingerprint density at radius 1 is 1.42 bits per heavy atom. The average molecular weight is 288 g/mol. The molecule has 0 aromatic carbocycles. The minimum Gasteiger partial charge on any atom is -0.468 e. The van der Waals surface area contributed by atoms with Crippen LogP contribution in [0.2, 0.25) is 0 Å². The molecule has 1 aliphatic rings. The maximum atomic E-state index is 11.4. The smallest absolute Gasteiger partial charge is 0.325 e. The summed E-state index contributed by atoms with van der Waals surface area (Å²) in [4.78, 5) is 22.7. The van der Waals surface area contributed by atoms with Crippen LogP contribution in [-0.2, 0) is 14.3 Å². The summed E-state index contributed by atoms with van der Waals surface area (Å²) >= 11 is 1.63. The second-order valence-corrected chi connectivity index (χ2v) is 6.37. The van der Waals surface area contributed by atoms with Crippen LogP contribution in [0.5, 0.6) is 0 Å². The molecule has 1 amide bonds. The first-order valence-electron chi connectivity index (χ1n) is 6.70. The number of hydrogen-bond acceptors (Lipinski definition) is 5. The van der Waals surface area contributed by atoms with Crippen molar-refractivity contribution in [3.8, 4) is 0 Å². The van der Waals surface area contributed by atoms with E-state index in [4.69, 9.17) is 5.73 Å². The first-order valence-corrected chi connectivity index (χ1v) is 7.85. The Bertz CT molecular complexity index is 317. The van der Waals surface area contributed by atoms with Gasteiger partial charge in [-0.1, -0.05) is 6.42 Å². The van der Waals surface area contributed by atoms with Crippen molar-refractivity contribution in [2.24, 2.45) is 5.73 Å². The number of nitrogens with two attached hydrogens (primary N) is 1. The lowest BCUT2D eigenvalue weighted by atomic mass is 9.97. The molecular weight excluding hydrogens is 264 g/mol. The molecular formula is C13H24N2O3S. The van der Waals surface area contributed by atoms with Gasteiger partial charge in [0.1, 0.15) is 5.54 Å². The van der Waals surface area contributed by atoms with Gasteiger partial charge in [-0.25, -0.2) is 0 Å². The van der Waals surface area contributed by atoms with E-state index in [1.807, 2.05) is 0 Å². The van der Waals surface area contributed by atoms with Crippen molar-refractivity contribution >= 4 is 23.6 Å². The minimum atomic E-state index is -0.900. The number of esters is 1. The topological polar surface area (TPSA) is 81.4 Å². The molecule has 0 spiro atoms. The van der Waals surface area contributed by atoms with Crippen molar-refractivity contribution in [1.29, 1.82) is 0 Å². The number of thioether (sulfide) groups is 1. The molecule has 1 saturated carbocycles. The Hall–Kier alpha value is -0.750. The van der Waals surface area contributed by atoms with Crippen LogP contribution >= 0.6 is 11.8 Å². The van der Waals surface area contributed by atoms with Crippen molar-refractivity contribution < 1.29 is 14.3 Å². The number of nitrogens with one attached hydrogen (secondary N) is 1. The number of methoxy groups -OCH3 is 1. The molecule has 1 atom stereocenters. The van der Waals surface area contributed by atoms with E-state index in [9.17, 15) is 9.59 Å². The van der Waals surface area contributed by atoms with Crippen LogP contribution in [0.4, 0.5) is 0 Å². The summed E-state index contributed by atoms with van der Waals surface area (Å²) in [7, 11) is 1.35. The fourth-order valence-electron chi connectivity index (χ4n) is 1.69. The molecule has 0 radical (unpaired) electrons. The van der Waals surface area contributed by atoms with E-state index in [-0.39, 0.29) is 11.9 Å². The minimum absolute atomic E-state index is 0.130. The monoisotopic (exact) mass is 288 g/mol. The van der Waals surface area contributed by atoms with Crippen LogP contribution in [0.1, 0.15) is 39.0 Å². The molecule has 1 fully saturated rings. The van der Waals surface area contributed by atoms with Crippen molar-refractivity contribution in [3.63, 3.8) is 0 Å². The van der Waals surface area contributed by atoms with Gasteiger partial charge in [-0.05, 0) is 38.4 Å². The lowest BCUT2D eigenvalue weighted by Crippen LogP contribution is -2.45. The Kier molecular flexibility index (Phi) is 6.65. The first-order chi connectivity index (χ1) is 8.95. The molecule has 0 aromatic heterocycles. The second-order valence-electron chi connectivity index (χ2n) is 5.26. The largest absolute Gasteiger partial charge is 0.468 e. The fraction of sp³-hybridized carbons (Fsp3) is 0.846. The van der Waals surface area contributed by atoms with E-state index in [1.165, 1.54) is 7.11 Å². The van der Waals surface area contributed by atoms with Crippen molar-refractivity contribution in [1.82, 2.24) is 5.32 Å². The maximum Gasteiger partial charge on any atom is 0.325 e. The Morgan fingerprint density at radius 3 is 2.68 bits per heavy atom. The second kappa shape index (κ2) is 7.75. The van der Waals surface area contributed by atoms with E-state index in [0.717, 1.165) is 31.4 Å². The van der Waals surface area contributed by atoms with Gasteiger partial charge >= 0.3 is 5.97 Å². The van der Waals surface area contributed by atoms with Gasteiger partial charge in [-0.15, -0.1) is 0 Å². The molecule has 1 rings (SSSR count). The molecule has 19 heavy (non-hydrogen) atoms. The van der Waals surface area contributed by atoms with Gasteiger partial charge in [0.25, 0.3) is 0 Å². The van der Waals surface area contributed by atoms with Gasteiger partial charge in [-0.3, -0.25) is 9.59 Å². The summed E-state index contributed by atoms with van der Waals surface area (Å²) in [5.74, 6) is 1.19. The summed E-state index contributed by atoms with van der Waals surface area (Å²) < 4.78 is 4.65. The zero-order chi connectivity index (χ0) is 14.3. The van der Waals surface area contributed by atoms with Crippen molar-refractivity contribution in [3.05, 3.63) is 0 Å². The van der Waals surface area contributed by atoms with Gasteiger partial charge in [-0.2, -0.15) is 11.8 Å². The molecule has 6 heteroatoms. The average Bonchev–Trinajstić information content (AvgIpc) is 3.16. The summed E-state index contributed by atoms with van der Waals surface area (Å²) in [6, 6.07) is 0.436. The molecule has 1 aliphatic carbocycles. The van der Waals surface area contributed by atoms with Crippen LogP contribution in [-0.4, -0.2) is 42.1 Å². The highest BCUT2D eigenvalue weighted by Crippen LogP contribution is 2.19. The number of carbonyl (C=O) groups is 2. The summed E-state index contributed by atoms with van der Waals surface area (Å²) in [6.45, 7) is 1.69. The third-order valence-electron chi connectivity index (χ3n) is 3.06. The molecule has 110 valence electrons. The maximum absolute atomic E-state index is 11.4. The molecule has 5 nitrogen and oxygen atoms in total. The number of ether oxygens (including phenoxy) is 1. The lowest BCUT2D eigenvalue weighted by molar-refractivity contribution is -0.146. The predicted molar refractivity (Wildman–Crippen MR) is 76.9 cm³/mol. The molecule has 1 unspecified atom stereocenters. The normalized spacial score (nSPS) is 17.6. The van der Waals surface area contributed by atoms with Crippen LogP contribution in [0.3, 0.4) is 0 Å². The Labute approximate surface area is 119 Å². The third kappa shape index (κ3) is 6.82. The van der Waals surface area contributed by atoms with Gasteiger partial charge in [0.2, 0.25) is 5.91 Å². The number of unbranched alkanes of at least 4 members (excludes halogenated alkanes) is 1. The van der Waals surface area contributed by atoms with Gasteiger partial charge < -0.3 is 15.8 Å². The molecule has 0 aliphatic heterocycles. The zero-order valence-electron chi connectivity index (χ0n) is 11.7. The van der Waals surface area contributed by atoms with E-state index in [1.54, 1.807) is 18.7 Å². The van der Waals surface area contributed by atoms with Gasteiger partial charge in [0, 0.05) is 6.04 Å². The van der Waals surface area contributed by atoms with Crippen molar-refractivity contribution in [2.45, 2.75) is 50.6 Å². The van der Waals surface area contributed by atoms with E-state index < -0.39 is 5.54 Å². The van der Waals surface area contributed by atoms with Crippen LogP contribution in [0.25, 0.3) is 0 Å². The van der Waals surface area contributed by atoms with Gasteiger partial charge in [0.05, 0.1) is 12.9 Å². The zero-order valence-corrected chi connectivity index (χ0v) is 12.6. The molecule has 0 bridgehead atoms. The van der Waals surface area contributed by atoms with Crippen LogP contribution < -0.4 is 11.1 Å². The summed E-state index contributed by atoms with van der Waals surface area (Å²) in [6.07, 6.45) is 4.66. The lowest BCUT2D eigenvalue weighted by Gasteiger charge is -2.20. The Morgan fingerprint density at radius 2 is 2.11 bits per heavy atom. The number of hydrogen-bond donors (Lipinski definition) is 2. The number of rotatable bonds is 9. The molecule has 0 aromatic rings. The highest BCUT2D eigenvalue weighted by Gasteiger charge is 2.28. The standard InChI is InChI=1S/C13H24N2O3S/c1-13(14,12(17)18-2)7-3-4-8-19-9-11(16)15-10-5-6-10/h10H,3-9,14H2,1-2H3,(H,15,16). The van der Waals surface area contributed by atoms with Gasteiger partial charge in [0.15, 0.2) is 0 Å². The highest BCUT2D eigenvalue weighted by atomic mass is 32.2. The third-order valence-corrected chi connectivity index (χ3v) is 4.11. The number of carbonyl (C=O) groups excluding carboxylic acids is 2. The quantitative estimate of drug-likeness (QED) is 0.490. The van der Waals surface area contributed by atoms with Crippen LogP contribution in [0.15, 0.2) is 0 Å². The van der Waals surface area contributed by atoms with E-state index >= 15 is 0 Å². The predicted octanol–water partition coefficient (Wildman–Crippen LogP) is 1.06.